The molecule has 1 rings (SSSR count). The lowest BCUT2D eigenvalue weighted by molar-refractivity contribution is -0.136. The molecule has 0 radical (unpaired) electrons. The summed E-state index contributed by atoms with van der Waals surface area (Å²) in [5, 5.41) is 8.59. The van der Waals surface area contributed by atoms with Crippen LogP contribution in [0.15, 0.2) is 24.3 Å². The minimum absolute atomic E-state index is 0.144. The molecule has 7 heteroatoms. The van der Waals surface area contributed by atoms with E-state index >= 15 is 0 Å². The van der Waals surface area contributed by atoms with E-state index in [-0.39, 0.29) is 6.42 Å². The molecule has 0 aromatic heterocycles. The molecule has 1 aromatic carbocycles. The summed E-state index contributed by atoms with van der Waals surface area (Å²) in [4.78, 5) is 10.5. The Morgan fingerprint density at radius 1 is 1.44 bits per heavy atom. The zero-order chi connectivity index (χ0) is 12.2. The van der Waals surface area contributed by atoms with Gasteiger partial charge >= 0.3 is 5.97 Å². The van der Waals surface area contributed by atoms with Crippen molar-refractivity contribution < 1.29 is 18.3 Å². The van der Waals surface area contributed by atoms with Crippen LogP contribution in [0, 0.1) is 0 Å². The van der Waals surface area contributed by atoms with E-state index in [0.29, 0.717) is 11.3 Å². The van der Waals surface area contributed by atoms with Gasteiger partial charge in [-0.3, -0.25) is 9.52 Å². The Balaban J connectivity index is 2.87. The Kier molecular flexibility index (Phi) is 3.86. The standard InChI is InChI=1S/C9H12N2O4S/c1-10-16(14,15)11-8-4-2-3-7(5-8)6-9(12)13/h2-5,10-11H,6H2,1H3,(H,12,13). The summed E-state index contributed by atoms with van der Waals surface area (Å²) in [6.07, 6.45) is -0.144. The van der Waals surface area contributed by atoms with E-state index in [1.165, 1.54) is 13.1 Å². The van der Waals surface area contributed by atoms with Crippen LogP contribution in [0.3, 0.4) is 0 Å². The van der Waals surface area contributed by atoms with Crippen molar-refractivity contribution in [3.63, 3.8) is 0 Å². The molecule has 88 valence electrons. The normalized spacial score (nSPS) is 11.1. The molecule has 0 saturated heterocycles. The van der Waals surface area contributed by atoms with Crippen LogP contribution in [0.25, 0.3) is 0 Å². The summed E-state index contributed by atoms with van der Waals surface area (Å²) in [5.74, 6) is -0.964. The van der Waals surface area contributed by atoms with E-state index < -0.39 is 16.2 Å². The van der Waals surface area contributed by atoms with Gasteiger partial charge in [0.15, 0.2) is 0 Å². The molecule has 0 amide bonds. The zero-order valence-electron chi connectivity index (χ0n) is 8.60. The van der Waals surface area contributed by atoms with Crippen molar-refractivity contribution in [3.05, 3.63) is 29.8 Å². The molecule has 1 aromatic rings. The predicted octanol–water partition coefficient (Wildman–Crippen LogP) is 0.190. The lowest BCUT2D eigenvalue weighted by atomic mass is 10.1. The number of carboxylic acid groups (broad SMARTS) is 1. The molecule has 0 bridgehead atoms. The molecule has 0 heterocycles. The maximum absolute atomic E-state index is 11.2. The van der Waals surface area contributed by atoms with E-state index in [2.05, 4.69) is 9.44 Å². The first-order chi connectivity index (χ1) is 7.43. The van der Waals surface area contributed by atoms with E-state index in [4.69, 9.17) is 5.11 Å². The van der Waals surface area contributed by atoms with Crippen LogP contribution in [0.5, 0.6) is 0 Å². The van der Waals surface area contributed by atoms with Gasteiger partial charge in [-0.1, -0.05) is 12.1 Å². The van der Waals surface area contributed by atoms with Crippen molar-refractivity contribution in [1.82, 2.24) is 4.72 Å². The third-order valence-electron chi connectivity index (χ3n) is 1.80. The van der Waals surface area contributed by atoms with Crippen molar-refractivity contribution in [1.29, 1.82) is 0 Å². The van der Waals surface area contributed by atoms with Crippen molar-refractivity contribution >= 4 is 21.9 Å². The second-order valence-electron chi connectivity index (χ2n) is 3.08. The fourth-order valence-corrected chi connectivity index (χ4v) is 1.66. The first-order valence-electron chi connectivity index (χ1n) is 4.45. The second-order valence-corrected chi connectivity index (χ2v) is 4.70. The van der Waals surface area contributed by atoms with Crippen LogP contribution in [0.1, 0.15) is 5.56 Å². The number of hydrogen-bond donors (Lipinski definition) is 3. The fraction of sp³-hybridized carbons (Fsp3) is 0.222. The highest BCUT2D eigenvalue weighted by molar-refractivity contribution is 7.90. The molecule has 16 heavy (non-hydrogen) atoms. The number of anilines is 1. The van der Waals surface area contributed by atoms with Crippen LogP contribution < -0.4 is 9.44 Å². The number of rotatable bonds is 5. The molecule has 0 saturated carbocycles. The smallest absolute Gasteiger partial charge is 0.307 e. The van der Waals surface area contributed by atoms with Gasteiger partial charge in [0, 0.05) is 7.05 Å². The van der Waals surface area contributed by atoms with Crippen LogP contribution in [0.2, 0.25) is 0 Å². The van der Waals surface area contributed by atoms with Gasteiger partial charge in [0.05, 0.1) is 12.1 Å². The topological polar surface area (TPSA) is 95.5 Å². The van der Waals surface area contributed by atoms with E-state index in [1.807, 2.05) is 0 Å². The average Bonchev–Trinajstić information content (AvgIpc) is 2.16. The Bertz CT molecular complexity index is 484. The molecule has 0 aliphatic carbocycles. The quantitative estimate of drug-likeness (QED) is 0.689. The SMILES string of the molecule is CNS(=O)(=O)Nc1cccc(CC(=O)O)c1. The Morgan fingerprint density at radius 3 is 2.69 bits per heavy atom. The van der Waals surface area contributed by atoms with Gasteiger partial charge in [-0.2, -0.15) is 8.42 Å². The molecule has 0 fully saturated rings. The molecule has 0 aliphatic heterocycles. The van der Waals surface area contributed by atoms with E-state index in [0.717, 1.165) is 0 Å². The van der Waals surface area contributed by atoms with E-state index in [9.17, 15) is 13.2 Å². The number of nitrogens with one attached hydrogen (secondary N) is 2. The molecular formula is C9H12N2O4S. The van der Waals surface area contributed by atoms with Gasteiger partial charge in [0.1, 0.15) is 0 Å². The van der Waals surface area contributed by atoms with E-state index in [1.54, 1.807) is 18.2 Å². The third-order valence-corrected chi connectivity index (χ3v) is 2.85. The minimum atomic E-state index is -3.57. The predicted molar refractivity (Wildman–Crippen MR) is 59.4 cm³/mol. The average molecular weight is 244 g/mol. The molecule has 6 nitrogen and oxygen atoms in total. The maximum atomic E-state index is 11.2. The van der Waals surface area contributed by atoms with Gasteiger partial charge in [0.2, 0.25) is 0 Å². The second kappa shape index (κ2) is 4.95. The minimum Gasteiger partial charge on any atom is -0.481 e. The van der Waals surface area contributed by atoms with Crippen molar-refractivity contribution in [2.24, 2.45) is 0 Å². The van der Waals surface area contributed by atoms with Crippen LogP contribution in [-0.2, 0) is 21.4 Å². The highest BCUT2D eigenvalue weighted by atomic mass is 32.2. The lowest BCUT2D eigenvalue weighted by Gasteiger charge is -2.07. The fourth-order valence-electron chi connectivity index (χ4n) is 1.13. The molecule has 3 N–H and O–H groups in total. The number of aliphatic carboxylic acids is 1. The van der Waals surface area contributed by atoms with Crippen molar-refractivity contribution in [3.8, 4) is 0 Å². The number of benzene rings is 1. The van der Waals surface area contributed by atoms with Gasteiger partial charge in [0.25, 0.3) is 10.2 Å². The summed E-state index contributed by atoms with van der Waals surface area (Å²) >= 11 is 0. The number of carbonyl (C=O) groups is 1. The monoisotopic (exact) mass is 244 g/mol. The zero-order valence-corrected chi connectivity index (χ0v) is 9.41. The summed E-state index contributed by atoms with van der Waals surface area (Å²) in [7, 11) is -2.28. The Morgan fingerprint density at radius 2 is 2.12 bits per heavy atom. The summed E-state index contributed by atoms with van der Waals surface area (Å²) in [5.41, 5.74) is 0.858. The van der Waals surface area contributed by atoms with Gasteiger partial charge in [-0.15, -0.1) is 0 Å². The largest absolute Gasteiger partial charge is 0.481 e. The van der Waals surface area contributed by atoms with Crippen LogP contribution in [-0.4, -0.2) is 26.5 Å². The summed E-state index contributed by atoms with van der Waals surface area (Å²) < 4.78 is 26.7. The lowest BCUT2D eigenvalue weighted by Crippen LogP contribution is -2.26. The third kappa shape index (κ3) is 3.87. The number of carboxylic acids is 1. The van der Waals surface area contributed by atoms with Gasteiger partial charge in [-0.25, -0.2) is 4.72 Å². The molecule has 0 atom stereocenters. The van der Waals surface area contributed by atoms with Crippen molar-refractivity contribution in [2.45, 2.75) is 6.42 Å². The first-order valence-corrected chi connectivity index (χ1v) is 5.93. The van der Waals surface area contributed by atoms with Crippen molar-refractivity contribution in [2.75, 3.05) is 11.8 Å². The van der Waals surface area contributed by atoms with Crippen LogP contribution in [0.4, 0.5) is 5.69 Å². The first kappa shape index (κ1) is 12.5. The van der Waals surface area contributed by atoms with Crippen LogP contribution >= 0.6 is 0 Å². The molecule has 0 spiro atoms. The van der Waals surface area contributed by atoms with Gasteiger partial charge < -0.3 is 5.11 Å². The maximum Gasteiger partial charge on any atom is 0.307 e. The number of hydrogen-bond acceptors (Lipinski definition) is 3. The summed E-state index contributed by atoms with van der Waals surface area (Å²) in [6, 6.07) is 6.22. The Labute approximate surface area is 93.5 Å². The molecule has 0 aliphatic rings. The highest BCUT2D eigenvalue weighted by Crippen LogP contribution is 2.12. The highest BCUT2D eigenvalue weighted by Gasteiger charge is 2.07. The Hall–Kier alpha value is -1.60. The summed E-state index contributed by atoms with van der Waals surface area (Å²) in [6.45, 7) is 0. The van der Waals surface area contributed by atoms with Gasteiger partial charge in [-0.05, 0) is 17.7 Å². The molecular weight excluding hydrogens is 232 g/mol. The molecule has 0 unspecified atom stereocenters.